The number of carbonyl (C=O) groups is 1. The van der Waals surface area contributed by atoms with Gasteiger partial charge in [-0.05, 0) is 62.1 Å². The standard InChI is InChI=1S/C21H28N4O/c1-4-18-7-5-6-14-25(18)20-13-8-16(15-22-20)21(26)23-17-9-11-19(12-10-17)24(2)3/h8-13,15,18H,4-7,14H2,1-3H3,(H,23,26). The van der Waals surface area contributed by atoms with Crippen LogP contribution in [0.2, 0.25) is 0 Å². The van der Waals surface area contributed by atoms with Gasteiger partial charge in [-0.15, -0.1) is 0 Å². The summed E-state index contributed by atoms with van der Waals surface area (Å²) >= 11 is 0. The van der Waals surface area contributed by atoms with E-state index in [1.165, 1.54) is 19.3 Å². The molecule has 1 aliphatic heterocycles. The molecular formula is C21H28N4O. The number of anilines is 3. The maximum absolute atomic E-state index is 12.5. The number of pyridine rings is 1. The SMILES string of the molecule is CCC1CCCCN1c1ccc(C(=O)Nc2ccc(N(C)C)cc2)cn1. The molecule has 1 fully saturated rings. The van der Waals surface area contributed by atoms with Gasteiger partial charge in [-0.3, -0.25) is 4.79 Å². The third-order valence-electron chi connectivity index (χ3n) is 5.04. The molecule has 1 aliphatic rings. The Hall–Kier alpha value is -2.56. The first-order valence-electron chi connectivity index (χ1n) is 9.40. The van der Waals surface area contributed by atoms with E-state index in [4.69, 9.17) is 0 Å². The molecule has 2 heterocycles. The van der Waals surface area contributed by atoms with Gasteiger partial charge < -0.3 is 15.1 Å². The van der Waals surface area contributed by atoms with Gasteiger partial charge in [-0.25, -0.2) is 4.98 Å². The molecule has 5 nitrogen and oxygen atoms in total. The first kappa shape index (κ1) is 18.2. The second kappa shape index (κ2) is 8.21. The zero-order valence-corrected chi connectivity index (χ0v) is 15.9. The number of amides is 1. The predicted molar refractivity (Wildman–Crippen MR) is 108 cm³/mol. The highest BCUT2D eigenvalue weighted by Gasteiger charge is 2.22. The van der Waals surface area contributed by atoms with Crippen LogP contribution >= 0.6 is 0 Å². The van der Waals surface area contributed by atoms with E-state index in [0.29, 0.717) is 11.6 Å². The zero-order chi connectivity index (χ0) is 18.5. The number of hydrogen-bond donors (Lipinski definition) is 1. The highest BCUT2D eigenvalue weighted by Crippen LogP contribution is 2.25. The van der Waals surface area contributed by atoms with Crippen LogP contribution in [0.15, 0.2) is 42.6 Å². The first-order chi connectivity index (χ1) is 12.6. The molecule has 0 aliphatic carbocycles. The summed E-state index contributed by atoms with van der Waals surface area (Å²) in [5.41, 5.74) is 2.46. The fourth-order valence-electron chi connectivity index (χ4n) is 3.46. The van der Waals surface area contributed by atoms with Crippen molar-refractivity contribution in [1.29, 1.82) is 0 Å². The normalized spacial score (nSPS) is 17.0. The lowest BCUT2D eigenvalue weighted by atomic mass is 10.00. The van der Waals surface area contributed by atoms with Gasteiger partial charge in [0, 0.05) is 44.3 Å². The van der Waals surface area contributed by atoms with Crippen molar-refractivity contribution in [3.05, 3.63) is 48.2 Å². The average Bonchev–Trinajstić information content (AvgIpc) is 2.68. The Bertz CT molecular complexity index is 725. The van der Waals surface area contributed by atoms with Gasteiger partial charge in [0.15, 0.2) is 0 Å². The van der Waals surface area contributed by atoms with E-state index < -0.39 is 0 Å². The van der Waals surface area contributed by atoms with E-state index in [2.05, 4.69) is 22.1 Å². The Morgan fingerprint density at radius 3 is 2.58 bits per heavy atom. The van der Waals surface area contributed by atoms with Crippen molar-refractivity contribution in [2.45, 2.75) is 38.6 Å². The summed E-state index contributed by atoms with van der Waals surface area (Å²) < 4.78 is 0. The number of nitrogens with one attached hydrogen (secondary N) is 1. The van der Waals surface area contributed by atoms with Gasteiger partial charge in [0.1, 0.15) is 5.82 Å². The molecule has 1 amide bonds. The summed E-state index contributed by atoms with van der Waals surface area (Å²) in [4.78, 5) is 21.4. The number of rotatable bonds is 5. The quantitative estimate of drug-likeness (QED) is 0.877. The van der Waals surface area contributed by atoms with Crippen LogP contribution in [0.5, 0.6) is 0 Å². The zero-order valence-electron chi connectivity index (χ0n) is 15.9. The van der Waals surface area contributed by atoms with Crippen molar-refractivity contribution in [3.8, 4) is 0 Å². The van der Waals surface area contributed by atoms with Crippen molar-refractivity contribution < 1.29 is 4.79 Å². The van der Waals surface area contributed by atoms with E-state index in [9.17, 15) is 4.79 Å². The van der Waals surface area contributed by atoms with Gasteiger partial charge in [-0.1, -0.05) is 6.92 Å². The van der Waals surface area contributed by atoms with Crippen LogP contribution < -0.4 is 15.1 Å². The second-order valence-electron chi connectivity index (χ2n) is 7.05. The molecule has 1 unspecified atom stereocenters. The molecule has 1 aromatic carbocycles. The van der Waals surface area contributed by atoms with E-state index in [0.717, 1.165) is 30.2 Å². The number of carbonyl (C=O) groups excluding carboxylic acids is 1. The number of piperidine rings is 1. The Labute approximate surface area is 156 Å². The summed E-state index contributed by atoms with van der Waals surface area (Å²) in [5.74, 6) is 0.843. The first-order valence-corrected chi connectivity index (χ1v) is 9.40. The molecule has 5 heteroatoms. The molecular weight excluding hydrogens is 324 g/mol. The minimum absolute atomic E-state index is 0.132. The number of benzene rings is 1. The molecule has 3 rings (SSSR count). The highest BCUT2D eigenvalue weighted by atomic mass is 16.1. The van der Waals surface area contributed by atoms with Gasteiger partial charge in [0.25, 0.3) is 5.91 Å². The van der Waals surface area contributed by atoms with E-state index in [1.807, 2.05) is 55.4 Å². The number of hydrogen-bond acceptors (Lipinski definition) is 4. The maximum Gasteiger partial charge on any atom is 0.257 e. The molecule has 0 radical (unpaired) electrons. The van der Waals surface area contributed by atoms with Crippen LogP contribution in [-0.4, -0.2) is 37.6 Å². The number of nitrogens with zero attached hydrogens (tertiary/aromatic N) is 3. The van der Waals surface area contributed by atoms with Crippen molar-refractivity contribution in [3.63, 3.8) is 0 Å². The molecule has 1 saturated heterocycles. The Kier molecular flexibility index (Phi) is 5.76. The Morgan fingerprint density at radius 2 is 1.96 bits per heavy atom. The van der Waals surface area contributed by atoms with Crippen LogP contribution in [0.1, 0.15) is 43.0 Å². The third-order valence-corrected chi connectivity index (χ3v) is 5.04. The maximum atomic E-state index is 12.5. The Balaban J connectivity index is 1.66. The molecule has 0 saturated carbocycles. The van der Waals surface area contributed by atoms with Gasteiger partial charge in [-0.2, -0.15) is 0 Å². The van der Waals surface area contributed by atoms with Crippen molar-refractivity contribution >= 4 is 23.1 Å². The topological polar surface area (TPSA) is 48.5 Å². The summed E-state index contributed by atoms with van der Waals surface area (Å²) in [6.07, 6.45) is 6.54. The molecule has 1 atom stereocenters. The third kappa shape index (κ3) is 4.15. The predicted octanol–water partition coefficient (Wildman–Crippen LogP) is 4.17. The van der Waals surface area contributed by atoms with Gasteiger partial charge in [0.05, 0.1) is 5.56 Å². The van der Waals surface area contributed by atoms with Gasteiger partial charge in [0.2, 0.25) is 0 Å². The minimum atomic E-state index is -0.132. The summed E-state index contributed by atoms with van der Waals surface area (Å²) in [5, 5.41) is 2.93. The van der Waals surface area contributed by atoms with Crippen molar-refractivity contribution in [2.24, 2.45) is 0 Å². The average molecular weight is 352 g/mol. The fourth-order valence-corrected chi connectivity index (χ4v) is 3.46. The van der Waals surface area contributed by atoms with Crippen LogP contribution in [0, 0.1) is 0 Å². The lowest BCUT2D eigenvalue weighted by molar-refractivity contribution is 0.102. The van der Waals surface area contributed by atoms with Crippen LogP contribution in [0.4, 0.5) is 17.2 Å². The molecule has 1 aromatic heterocycles. The minimum Gasteiger partial charge on any atom is -0.378 e. The number of aromatic nitrogens is 1. The van der Waals surface area contributed by atoms with Crippen LogP contribution in [-0.2, 0) is 0 Å². The lowest BCUT2D eigenvalue weighted by Crippen LogP contribution is -2.39. The smallest absolute Gasteiger partial charge is 0.257 e. The summed E-state index contributed by atoms with van der Waals surface area (Å²) in [6, 6.07) is 12.2. The summed E-state index contributed by atoms with van der Waals surface area (Å²) in [6.45, 7) is 3.28. The molecule has 2 aromatic rings. The van der Waals surface area contributed by atoms with Crippen LogP contribution in [0.25, 0.3) is 0 Å². The second-order valence-corrected chi connectivity index (χ2v) is 7.05. The molecule has 0 spiro atoms. The lowest BCUT2D eigenvalue weighted by Gasteiger charge is -2.36. The van der Waals surface area contributed by atoms with E-state index in [1.54, 1.807) is 6.20 Å². The molecule has 0 bridgehead atoms. The van der Waals surface area contributed by atoms with Crippen molar-refractivity contribution in [2.75, 3.05) is 35.8 Å². The monoisotopic (exact) mass is 352 g/mol. The fraction of sp³-hybridized carbons (Fsp3) is 0.429. The Morgan fingerprint density at radius 1 is 1.19 bits per heavy atom. The largest absolute Gasteiger partial charge is 0.378 e. The van der Waals surface area contributed by atoms with E-state index in [-0.39, 0.29) is 5.91 Å². The van der Waals surface area contributed by atoms with Crippen LogP contribution in [0.3, 0.4) is 0 Å². The van der Waals surface area contributed by atoms with Crippen molar-refractivity contribution in [1.82, 2.24) is 4.98 Å². The molecule has 26 heavy (non-hydrogen) atoms. The summed E-state index contributed by atoms with van der Waals surface area (Å²) in [7, 11) is 3.98. The van der Waals surface area contributed by atoms with E-state index >= 15 is 0 Å². The molecule has 138 valence electrons. The van der Waals surface area contributed by atoms with Gasteiger partial charge >= 0.3 is 0 Å². The molecule has 1 N–H and O–H groups in total. The highest BCUT2D eigenvalue weighted by molar-refractivity contribution is 6.04.